The number of benzene rings is 1. The van der Waals surface area contributed by atoms with Crippen LogP contribution < -0.4 is 0 Å². The first kappa shape index (κ1) is 12.1. The van der Waals surface area contributed by atoms with Crippen molar-refractivity contribution < 1.29 is 0 Å². The molecule has 1 aliphatic carbocycles. The molecule has 0 radical (unpaired) electrons. The van der Waals surface area contributed by atoms with Crippen LogP contribution in [0.5, 0.6) is 0 Å². The lowest BCUT2D eigenvalue weighted by Crippen LogP contribution is -2.07. The van der Waals surface area contributed by atoms with E-state index in [2.05, 4.69) is 31.5 Å². The summed E-state index contributed by atoms with van der Waals surface area (Å²) in [6, 6.07) is 5.71. The number of aromatic nitrogens is 4. The van der Waals surface area contributed by atoms with Crippen molar-refractivity contribution in [2.45, 2.75) is 31.6 Å². The Kier molecular flexibility index (Phi) is 3.35. The van der Waals surface area contributed by atoms with Crippen LogP contribution in [0.1, 0.15) is 37.4 Å². The van der Waals surface area contributed by atoms with Gasteiger partial charge in [0.05, 0.1) is 15.2 Å². The molecule has 0 aliphatic heterocycles. The smallest absolute Gasteiger partial charge is 0.159 e. The summed E-state index contributed by atoms with van der Waals surface area (Å²) in [6.45, 7) is 0. The highest BCUT2D eigenvalue weighted by molar-refractivity contribution is 9.10. The van der Waals surface area contributed by atoms with Crippen molar-refractivity contribution in [3.05, 3.63) is 33.5 Å². The van der Waals surface area contributed by atoms with Gasteiger partial charge in [0, 0.05) is 5.92 Å². The molecule has 0 saturated heterocycles. The second kappa shape index (κ2) is 4.97. The lowest BCUT2D eigenvalue weighted by Gasteiger charge is -2.11. The first-order chi connectivity index (χ1) is 8.77. The van der Waals surface area contributed by atoms with Gasteiger partial charge in [0.25, 0.3) is 0 Å². The van der Waals surface area contributed by atoms with Crippen LogP contribution in [0.15, 0.2) is 22.7 Å². The molecule has 0 N–H and O–H groups in total. The van der Waals surface area contributed by atoms with E-state index in [0.717, 1.165) is 16.0 Å². The molecule has 1 saturated carbocycles. The summed E-state index contributed by atoms with van der Waals surface area (Å²) in [4.78, 5) is 0. The zero-order valence-electron chi connectivity index (χ0n) is 9.68. The molecule has 0 unspecified atom stereocenters. The molecular formula is C12H12BrClN4. The molecule has 0 atom stereocenters. The normalized spacial score (nSPS) is 16.3. The first-order valence-corrected chi connectivity index (χ1v) is 7.17. The number of rotatable bonds is 2. The topological polar surface area (TPSA) is 43.6 Å². The van der Waals surface area contributed by atoms with Crippen molar-refractivity contribution >= 4 is 27.5 Å². The molecule has 0 spiro atoms. The predicted molar refractivity (Wildman–Crippen MR) is 73.1 cm³/mol. The van der Waals surface area contributed by atoms with Gasteiger partial charge in [-0.05, 0) is 51.3 Å². The summed E-state index contributed by atoms with van der Waals surface area (Å²) in [6.07, 6.45) is 4.85. The molecule has 1 fully saturated rings. The fourth-order valence-electron chi connectivity index (χ4n) is 2.46. The molecule has 0 bridgehead atoms. The van der Waals surface area contributed by atoms with E-state index >= 15 is 0 Å². The van der Waals surface area contributed by atoms with E-state index in [9.17, 15) is 0 Å². The Balaban J connectivity index is 2.06. The third kappa shape index (κ3) is 2.06. The van der Waals surface area contributed by atoms with Crippen LogP contribution >= 0.6 is 27.5 Å². The molecule has 1 aromatic heterocycles. The number of halogens is 2. The molecule has 18 heavy (non-hydrogen) atoms. The Bertz CT molecular complexity index is 563. The summed E-state index contributed by atoms with van der Waals surface area (Å²) < 4.78 is 2.63. The largest absolute Gasteiger partial charge is 0.196 e. The summed E-state index contributed by atoms with van der Waals surface area (Å²) in [5, 5.41) is 12.8. The van der Waals surface area contributed by atoms with Gasteiger partial charge in [-0.3, -0.25) is 0 Å². The van der Waals surface area contributed by atoms with Crippen molar-refractivity contribution in [1.82, 2.24) is 20.2 Å². The van der Waals surface area contributed by atoms with Crippen LogP contribution in [0.2, 0.25) is 5.02 Å². The van der Waals surface area contributed by atoms with Crippen LogP contribution in [0.25, 0.3) is 5.69 Å². The van der Waals surface area contributed by atoms with E-state index in [-0.39, 0.29) is 0 Å². The molecule has 1 aliphatic rings. The molecule has 6 heteroatoms. The molecular weight excluding hydrogens is 316 g/mol. The monoisotopic (exact) mass is 326 g/mol. The van der Waals surface area contributed by atoms with Crippen molar-refractivity contribution in [3.63, 3.8) is 0 Å². The minimum Gasteiger partial charge on any atom is -0.196 e. The minimum absolute atomic E-state index is 0.464. The number of nitrogens with zero attached hydrogens (tertiary/aromatic N) is 4. The van der Waals surface area contributed by atoms with Crippen molar-refractivity contribution in [2.24, 2.45) is 0 Å². The zero-order chi connectivity index (χ0) is 12.5. The van der Waals surface area contributed by atoms with Gasteiger partial charge in [0.2, 0.25) is 0 Å². The lowest BCUT2D eigenvalue weighted by atomic mass is 10.1. The van der Waals surface area contributed by atoms with Crippen LogP contribution in [0, 0.1) is 0 Å². The number of hydrogen-bond acceptors (Lipinski definition) is 3. The van der Waals surface area contributed by atoms with Gasteiger partial charge in [-0.15, -0.1) is 5.10 Å². The lowest BCUT2D eigenvalue weighted by molar-refractivity contribution is 0.635. The van der Waals surface area contributed by atoms with Gasteiger partial charge in [-0.1, -0.05) is 30.5 Å². The number of hydrogen-bond donors (Lipinski definition) is 0. The van der Waals surface area contributed by atoms with E-state index in [1.807, 2.05) is 18.2 Å². The average Bonchev–Trinajstić information content (AvgIpc) is 3.01. The van der Waals surface area contributed by atoms with Gasteiger partial charge in [0.15, 0.2) is 5.82 Å². The molecule has 4 nitrogen and oxygen atoms in total. The summed E-state index contributed by atoms with van der Waals surface area (Å²) in [5.41, 5.74) is 0.898. The maximum atomic E-state index is 6.11. The Hall–Kier alpha value is -0.940. The third-order valence-electron chi connectivity index (χ3n) is 3.37. The van der Waals surface area contributed by atoms with Gasteiger partial charge in [-0.2, -0.15) is 4.68 Å². The second-order valence-corrected chi connectivity index (χ2v) is 5.70. The van der Waals surface area contributed by atoms with Gasteiger partial charge in [-0.25, -0.2) is 0 Å². The fourth-order valence-corrected chi connectivity index (χ4v) is 3.06. The van der Waals surface area contributed by atoms with Crippen LogP contribution in [0.3, 0.4) is 0 Å². The maximum absolute atomic E-state index is 6.11. The van der Waals surface area contributed by atoms with Gasteiger partial charge in [0.1, 0.15) is 0 Å². The summed E-state index contributed by atoms with van der Waals surface area (Å²) in [5.74, 6) is 1.40. The highest BCUT2D eigenvalue weighted by atomic mass is 79.9. The van der Waals surface area contributed by atoms with E-state index in [0.29, 0.717) is 10.9 Å². The zero-order valence-corrected chi connectivity index (χ0v) is 12.0. The van der Waals surface area contributed by atoms with Crippen molar-refractivity contribution in [2.75, 3.05) is 0 Å². The van der Waals surface area contributed by atoms with Crippen LogP contribution in [0.4, 0.5) is 0 Å². The molecule has 94 valence electrons. The molecule has 0 amide bonds. The van der Waals surface area contributed by atoms with Crippen LogP contribution in [-0.2, 0) is 0 Å². The van der Waals surface area contributed by atoms with E-state index in [4.69, 9.17) is 11.6 Å². The predicted octanol–water partition coefficient (Wildman–Crippen LogP) is 3.74. The Morgan fingerprint density at radius 3 is 2.83 bits per heavy atom. The molecule has 3 rings (SSSR count). The third-order valence-corrected chi connectivity index (χ3v) is 4.75. The quantitative estimate of drug-likeness (QED) is 0.844. The Morgan fingerprint density at radius 1 is 1.28 bits per heavy atom. The van der Waals surface area contributed by atoms with E-state index in [1.54, 1.807) is 4.68 Å². The number of tetrazole rings is 1. The SMILES string of the molecule is Clc1cccc(-n2nnnc2C2CCCC2)c1Br. The van der Waals surface area contributed by atoms with Gasteiger partial charge >= 0.3 is 0 Å². The fraction of sp³-hybridized carbons (Fsp3) is 0.417. The van der Waals surface area contributed by atoms with Crippen LogP contribution in [-0.4, -0.2) is 20.2 Å². The van der Waals surface area contributed by atoms with E-state index in [1.165, 1.54) is 25.7 Å². The highest BCUT2D eigenvalue weighted by Gasteiger charge is 2.24. The summed E-state index contributed by atoms with van der Waals surface area (Å²) in [7, 11) is 0. The summed E-state index contributed by atoms with van der Waals surface area (Å²) >= 11 is 9.61. The van der Waals surface area contributed by atoms with E-state index < -0.39 is 0 Å². The van der Waals surface area contributed by atoms with Crippen molar-refractivity contribution in [3.8, 4) is 5.69 Å². The minimum atomic E-state index is 0.464. The molecule has 1 aromatic carbocycles. The Morgan fingerprint density at radius 2 is 2.06 bits per heavy atom. The average molecular weight is 328 g/mol. The highest BCUT2D eigenvalue weighted by Crippen LogP contribution is 2.35. The Labute approximate surface area is 118 Å². The van der Waals surface area contributed by atoms with Gasteiger partial charge < -0.3 is 0 Å². The molecule has 1 heterocycles. The van der Waals surface area contributed by atoms with Crippen molar-refractivity contribution in [1.29, 1.82) is 0 Å². The standard InChI is InChI=1S/C12H12BrClN4/c13-11-9(14)6-3-7-10(11)18-12(15-16-17-18)8-4-1-2-5-8/h3,6-8H,1-2,4-5H2. The molecule has 2 aromatic rings. The second-order valence-electron chi connectivity index (χ2n) is 4.50. The maximum Gasteiger partial charge on any atom is 0.159 e. The first-order valence-electron chi connectivity index (χ1n) is 6.00.